The van der Waals surface area contributed by atoms with Crippen LogP contribution in [0, 0.1) is 18.4 Å². The molecule has 12 nitrogen and oxygen atoms in total. The molecule has 14 heteroatoms. The molecule has 4 heterocycles. The zero-order valence-electron chi connectivity index (χ0n) is 21.6. The number of halogens is 1. The first-order valence-electron chi connectivity index (χ1n) is 12.7. The topological polar surface area (TPSA) is 167 Å². The summed E-state index contributed by atoms with van der Waals surface area (Å²) in [6, 6.07) is 2.56. The van der Waals surface area contributed by atoms with E-state index in [1.54, 1.807) is 28.1 Å². The van der Waals surface area contributed by atoms with Crippen molar-refractivity contribution in [1.82, 2.24) is 30.6 Å². The second kappa shape index (κ2) is 11.6. The molecule has 2 aliphatic heterocycles. The molecule has 5 rings (SSSR count). The van der Waals surface area contributed by atoms with Crippen molar-refractivity contribution in [2.24, 2.45) is 4.99 Å². The van der Waals surface area contributed by atoms with Gasteiger partial charge in [-0.3, -0.25) is 20.0 Å². The highest BCUT2D eigenvalue weighted by Crippen LogP contribution is 2.32. The van der Waals surface area contributed by atoms with Crippen LogP contribution in [0.3, 0.4) is 0 Å². The lowest BCUT2D eigenvalue weighted by Gasteiger charge is -2.30. The van der Waals surface area contributed by atoms with Crippen molar-refractivity contribution in [3.63, 3.8) is 0 Å². The summed E-state index contributed by atoms with van der Waals surface area (Å²) in [5, 5.41) is 31.1. The van der Waals surface area contributed by atoms with Gasteiger partial charge < -0.3 is 25.0 Å². The predicted octanol–water partition coefficient (Wildman–Crippen LogP) is 1.58. The average Bonchev–Trinajstić information content (AvgIpc) is 3.66. The fourth-order valence-corrected chi connectivity index (χ4v) is 6.43. The number of nitriles is 1. The van der Waals surface area contributed by atoms with Crippen LogP contribution in [0.2, 0.25) is 5.02 Å². The third kappa shape index (κ3) is 5.51. The van der Waals surface area contributed by atoms with Gasteiger partial charge in [-0.05, 0) is 48.6 Å². The number of nitrogens with zero attached hydrogens (tertiary/aromatic N) is 5. The second-order valence-electron chi connectivity index (χ2n) is 9.74. The van der Waals surface area contributed by atoms with Crippen LogP contribution in [0.15, 0.2) is 23.3 Å². The van der Waals surface area contributed by atoms with Gasteiger partial charge in [-0.15, -0.1) is 11.3 Å². The number of fused-ring (bicyclic) bond motifs is 2. The van der Waals surface area contributed by atoms with Crippen LogP contribution in [-0.4, -0.2) is 87.5 Å². The quantitative estimate of drug-likeness (QED) is 0.112. The molecule has 1 fully saturated rings. The van der Waals surface area contributed by atoms with Crippen LogP contribution in [-0.2, 0) is 17.8 Å². The standard InChI is InChI=1S/C26H27ClN8O4S/c1-14-18-3-5-34(25(39)21-7-20-22(40-21)9-31-33-20)10-15(18)6-19(27)23(14)24(38)32-16(12-36)8-29-26(30-13-28)35-4-2-17(37)11-35/h6-7,9,12,16-17,37H,2-5,8,10-11H2,1H3,(H,29,30)(H,31,33)(H,32,38)/t16-,17-/m0/s1. The Morgan fingerprint density at radius 2 is 2.23 bits per heavy atom. The van der Waals surface area contributed by atoms with Gasteiger partial charge in [0.25, 0.3) is 11.8 Å². The molecule has 3 aromatic rings. The maximum absolute atomic E-state index is 13.2. The van der Waals surface area contributed by atoms with Gasteiger partial charge in [0.15, 0.2) is 6.19 Å². The van der Waals surface area contributed by atoms with Crippen LogP contribution in [0.1, 0.15) is 43.1 Å². The summed E-state index contributed by atoms with van der Waals surface area (Å²) in [6.07, 6.45) is 4.67. The molecule has 1 saturated heterocycles. The maximum Gasteiger partial charge on any atom is 0.264 e. The van der Waals surface area contributed by atoms with E-state index in [1.807, 2.05) is 13.1 Å². The Morgan fingerprint density at radius 3 is 2.92 bits per heavy atom. The summed E-state index contributed by atoms with van der Waals surface area (Å²) in [4.78, 5) is 46.6. The van der Waals surface area contributed by atoms with Crippen molar-refractivity contribution in [3.8, 4) is 6.19 Å². The van der Waals surface area contributed by atoms with Crippen molar-refractivity contribution in [1.29, 1.82) is 5.26 Å². The number of hydrogen-bond donors (Lipinski definition) is 4. The number of aliphatic hydroxyl groups is 1. The number of guanidine groups is 1. The number of aromatic amines is 1. The van der Waals surface area contributed by atoms with Crippen molar-refractivity contribution in [2.45, 2.75) is 38.5 Å². The van der Waals surface area contributed by atoms with Gasteiger partial charge in [-0.2, -0.15) is 10.4 Å². The molecule has 0 bridgehead atoms. The van der Waals surface area contributed by atoms with E-state index in [-0.39, 0.29) is 29.0 Å². The number of carbonyl (C=O) groups is 3. The number of aliphatic imine (C=N–C) groups is 1. The smallest absolute Gasteiger partial charge is 0.264 e. The molecular weight excluding hydrogens is 556 g/mol. The molecular formula is C26H27ClN8O4S. The van der Waals surface area contributed by atoms with Crippen LogP contribution < -0.4 is 10.6 Å². The van der Waals surface area contributed by atoms with E-state index in [0.29, 0.717) is 55.7 Å². The third-order valence-corrected chi connectivity index (χ3v) is 8.51. The Bertz CT molecular complexity index is 1510. The molecule has 208 valence electrons. The Hall–Kier alpha value is -3.99. The normalized spacial score (nSPS) is 17.9. The van der Waals surface area contributed by atoms with Gasteiger partial charge in [0.1, 0.15) is 12.3 Å². The van der Waals surface area contributed by atoms with Gasteiger partial charge >= 0.3 is 0 Å². The number of H-pyrrole nitrogens is 1. The van der Waals surface area contributed by atoms with Crippen molar-refractivity contribution < 1.29 is 19.5 Å². The summed E-state index contributed by atoms with van der Waals surface area (Å²) in [5.74, 6) is -0.345. The predicted molar refractivity (Wildman–Crippen MR) is 149 cm³/mol. The van der Waals surface area contributed by atoms with Crippen LogP contribution in [0.5, 0.6) is 0 Å². The average molecular weight is 583 g/mol. The Morgan fingerprint density at radius 1 is 1.40 bits per heavy atom. The zero-order chi connectivity index (χ0) is 28.4. The minimum absolute atomic E-state index is 0.0704. The molecule has 2 aliphatic rings. The van der Waals surface area contributed by atoms with E-state index in [2.05, 4.69) is 25.8 Å². The lowest BCUT2D eigenvalue weighted by Crippen LogP contribution is -2.42. The molecule has 0 spiro atoms. The fraction of sp³-hybridized carbons (Fsp3) is 0.385. The van der Waals surface area contributed by atoms with Crippen LogP contribution in [0.25, 0.3) is 10.2 Å². The molecule has 2 amide bonds. The highest BCUT2D eigenvalue weighted by atomic mass is 35.5. The third-order valence-electron chi connectivity index (χ3n) is 7.15. The van der Waals surface area contributed by atoms with Gasteiger partial charge in [-0.25, -0.2) is 4.99 Å². The van der Waals surface area contributed by atoms with E-state index >= 15 is 0 Å². The summed E-state index contributed by atoms with van der Waals surface area (Å²) >= 11 is 7.96. The highest BCUT2D eigenvalue weighted by molar-refractivity contribution is 7.20. The van der Waals surface area contributed by atoms with E-state index in [0.717, 1.165) is 21.3 Å². The van der Waals surface area contributed by atoms with Gasteiger partial charge in [0.05, 0.1) is 44.5 Å². The number of hydrogen-bond acceptors (Lipinski definition) is 8. The SMILES string of the molecule is Cc1c2c(cc(Cl)c1C(=O)N[C@H](C=O)CN=C(NC#N)N1CC[C@H](O)C1)CN(C(=O)c1cc3[nH]ncc3s1)CC2. The summed E-state index contributed by atoms with van der Waals surface area (Å²) in [7, 11) is 0. The number of likely N-dealkylation sites (tertiary alicyclic amines) is 1. The first-order chi connectivity index (χ1) is 19.3. The lowest BCUT2D eigenvalue weighted by molar-refractivity contribution is -0.109. The Balaban J connectivity index is 1.29. The number of carbonyl (C=O) groups excluding carboxylic acids is 3. The molecule has 2 atom stereocenters. The van der Waals surface area contributed by atoms with Crippen molar-refractivity contribution in [3.05, 3.63) is 50.5 Å². The van der Waals surface area contributed by atoms with E-state index in [9.17, 15) is 19.5 Å². The number of aliphatic hydroxyl groups excluding tert-OH is 1. The highest BCUT2D eigenvalue weighted by Gasteiger charge is 2.29. The summed E-state index contributed by atoms with van der Waals surface area (Å²) in [6.45, 7) is 3.41. The first-order valence-corrected chi connectivity index (χ1v) is 13.9. The Labute approximate surface area is 238 Å². The number of amides is 2. The molecule has 1 aromatic carbocycles. The first kappa shape index (κ1) is 27.6. The molecule has 0 radical (unpaired) electrons. The maximum atomic E-state index is 13.2. The number of nitrogens with one attached hydrogen (secondary N) is 3. The lowest BCUT2D eigenvalue weighted by atomic mass is 9.91. The van der Waals surface area contributed by atoms with E-state index < -0.39 is 18.1 Å². The molecule has 0 saturated carbocycles. The largest absolute Gasteiger partial charge is 0.391 e. The van der Waals surface area contributed by atoms with Gasteiger partial charge in [-0.1, -0.05) is 11.6 Å². The van der Waals surface area contributed by atoms with E-state index in [4.69, 9.17) is 16.9 Å². The summed E-state index contributed by atoms with van der Waals surface area (Å²) in [5.41, 5.74) is 3.63. The number of benzene rings is 1. The minimum atomic E-state index is -0.956. The Kier molecular flexibility index (Phi) is 8.02. The fourth-order valence-electron chi connectivity index (χ4n) is 5.12. The molecule has 2 aromatic heterocycles. The molecule has 4 N–H and O–H groups in total. The van der Waals surface area contributed by atoms with Crippen molar-refractivity contribution in [2.75, 3.05) is 26.2 Å². The second-order valence-corrected chi connectivity index (χ2v) is 11.2. The van der Waals surface area contributed by atoms with Crippen LogP contribution in [0.4, 0.5) is 0 Å². The molecule has 0 aliphatic carbocycles. The van der Waals surface area contributed by atoms with Gasteiger partial charge in [0.2, 0.25) is 5.96 Å². The number of β-amino-alcohol motifs (C(OH)–C–C–N with tert-alkyl or cyclic N) is 1. The number of aldehydes is 1. The van der Waals surface area contributed by atoms with Crippen LogP contribution >= 0.6 is 22.9 Å². The number of aromatic nitrogens is 2. The monoisotopic (exact) mass is 582 g/mol. The van der Waals surface area contributed by atoms with Gasteiger partial charge in [0, 0.05) is 26.2 Å². The van der Waals surface area contributed by atoms with E-state index in [1.165, 1.54) is 11.3 Å². The zero-order valence-corrected chi connectivity index (χ0v) is 23.2. The summed E-state index contributed by atoms with van der Waals surface area (Å²) < 4.78 is 0.919. The molecule has 0 unspecified atom stereocenters. The number of rotatable bonds is 6. The number of thiophene rings is 1. The van der Waals surface area contributed by atoms with Crippen molar-refractivity contribution >= 4 is 57.2 Å². The molecule has 40 heavy (non-hydrogen) atoms. The minimum Gasteiger partial charge on any atom is -0.391 e.